The monoisotopic (exact) mass is 389 g/mol. The predicted octanol–water partition coefficient (Wildman–Crippen LogP) is 3.95. The molecule has 0 N–H and O–H groups in total. The molecule has 1 fully saturated rings. The molecule has 5 nitrogen and oxygen atoms in total. The van der Waals surface area contributed by atoms with Gasteiger partial charge in [-0.05, 0) is 44.7 Å². The summed E-state index contributed by atoms with van der Waals surface area (Å²) in [6.07, 6.45) is 4.83. The highest BCUT2D eigenvalue weighted by Crippen LogP contribution is 2.39. The van der Waals surface area contributed by atoms with Gasteiger partial charge in [0.1, 0.15) is 17.9 Å². The Morgan fingerprint density at radius 2 is 1.69 bits per heavy atom. The summed E-state index contributed by atoms with van der Waals surface area (Å²) >= 11 is 0. The van der Waals surface area contributed by atoms with Crippen LogP contribution in [0.5, 0.6) is 0 Å². The number of rotatable bonds is 4. The van der Waals surface area contributed by atoms with E-state index in [1.54, 1.807) is 16.8 Å². The molecule has 1 aliphatic carbocycles. The molecular formula is C24H27N3O2. The zero-order valence-electron chi connectivity index (χ0n) is 17.1. The van der Waals surface area contributed by atoms with Crippen LogP contribution in [0.15, 0.2) is 59.6 Å². The zero-order valence-corrected chi connectivity index (χ0v) is 17.1. The van der Waals surface area contributed by atoms with E-state index in [4.69, 9.17) is 4.99 Å². The minimum Gasteiger partial charge on any atom is -0.314 e. The highest BCUT2D eigenvalue weighted by atomic mass is 16.2. The first-order chi connectivity index (χ1) is 14.0. The van der Waals surface area contributed by atoms with Crippen molar-refractivity contribution in [2.75, 3.05) is 18.5 Å². The minimum absolute atomic E-state index is 0.0447. The van der Waals surface area contributed by atoms with E-state index in [1.807, 2.05) is 61.5 Å². The number of nitrogens with zero attached hydrogens (tertiary/aromatic N) is 3. The molecule has 0 bridgehead atoms. The summed E-state index contributed by atoms with van der Waals surface area (Å²) in [6, 6.07) is 17.4. The maximum Gasteiger partial charge on any atom is 0.275 e. The Bertz CT molecular complexity index is 928. The van der Waals surface area contributed by atoms with Gasteiger partial charge < -0.3 is 9.80 Å². The van der Waals surface area contributed by atoms with Crippen LogP contribution in [0, 0.1) is 6.92 Å². The number of carbonyl (C=O) groups excluding carboxylic acids is 2. The number of likely N-dealkylation sites (N-methyl/N-ethyl adjacent to an activating group) is 1. The van der Waals surface area contributed by atoms with Crippen molar-refractivity contribution in [1.82, 2.24) is 4.90 Å². The summed E-state index contributed by atoms with van der Waals surface area (Å²) in [5.41, 5.74) is 2.70. The third-order valence-corrected chi connectivity index (χ3v) is 6.06. The number of aliphatic imine (C=N–C) groups is 1. The van der Waals surface area contributed by atoms with Gasteiger partial charge in [-0.15, -0.1) is 0 Å². The van der Waals surface area contributed by atoms with Gasteiger partial charge in [-0.25, -0.2) is 0 Å². The van der Waals surface area contributed by atoms with E-state index in [0.717, 1.165) is 48.9 Å². The molecular weight excluding hydrogens is 362 g/mol. The van der Waals surface area contributed by atoms with Crippen LogP contribution in [0.25, 0.3) is 0 Å². The topological polar surface area (TPSA) is 53.0 Å². The average molecular weight is 389 g/mol. The molecule has 0 aromatic heterocycles. The molecule has 0 saturated heterocycles. The van der Waals surface area contributed by atoms with Crippen LogP contribution in [0.2, 0.25) is 0 Å². The molecule has 29 heavy (non-hydrogen) atoms. The van der Waals surface area contributed by atoms with Crippen molar-refractivity contribution in [3.8, 4) is 0 Å². The number of hydrogen-bond donors (Lipinski definition) is 0. The highest BCUT2D eigenvalue weighted by Gasteiger charge is 2.48. The number of carbonyl (C=O) groups is 2. The van der Waals surface area contributed by atoms with Gasteiger partial charge in [0, 0.05) is 18.3 Å². The first kappa shape index (κ1) is 19.4. The first-order valence-corrected chi connectivity index (χ1v) is 10.3. The molecule has 2 aromatic rings. The second-order valence-electron chi connectivity index (χ2n) is 8.05. The Balaban J connectivity index is 1.62. The average Bonchev–Trinajstić information content (AvgIpc) is 3.01. The molecule has 1 saturated carbocycles. The molecule has 0 unspecified atom stereocenters. The Kier molecular flexibility index (Phi) is 5.22. The number of para-hydroxylation sites is 1. The summed E-state index contributed by atoms with van der Waals surface area (Å²) < 4.78 is 0. The molecule has 4 rings (SSSR count). The van der Waals surface area contributed by atoms with Gasteiger partial charge in [-0.1, -0.05) is 54.4 Å². The molecule has 2 aliphatic rings. The minimum atomic E-state index is -0.581. The summed E-state index contributed by atoms with van der Waals surface area (Å²) in [5.74, 6) is -0.236. The molecule has 0 radical (unpaired) electrons. The second-order valence-corrected chi connectivity index (χ2v) is 8.05. The summed E-state index contributed by atoms with van der Waals surface area (Å²) in [4.78, 5) is 34.7. The number of aryl methyl sites for hydroxylation is 1. The van der Waals surface area contributed by atoms with E-state index in [1.165, 1.54) is 0 Å². The number of amides is 2. The normalized spacial score (nSPS) is 18.1. The zero-order chi connectivity index (χ0) is 20.4. The Labute approximate surface area is 172 Å². The fourth-order valence-electron chi connectivity index (χ4n) is 4.29. The molecule has 0 atom stereocenters. The molecule has 2 aromatic carbocycles. The van der Waals surface area contributed by atoms with Crippen molar-refractivity contribution in [3.63, 3.8) is 0 Å². The fourth-order valence-corrected chi connectivity index (χ4v) is 4.29. The van der Waals surface area contributed by atoms with Crippen LogP contribution >= 0.6 is 0 Å². The molecule has 5 heteroatoms. The van der Waals surface area contributed by atoms with E-state index in [0.29, 0.717) is 5.71 Å². The van der Waals surface area contributed by atoms with E-state index in [2.05, 4.69) is 0 Å². The lowest BCUT2D eigenvalue weighted by molar-refractivity contribution is -0.134. The predicted molar refractivity (Wildman–Crippen MR) is 115 cm³/mol. The van der Waals surface area contributed by atoms with Crippen molar-refractivity contribution in [2.24, 2.45) is 4.99 Å². The largest absolute Gasteiger partial charge is 0.314 e. The Hall–Kier alpha value is -2.95. The molecule has 1 spiro atoms. The smallest absolute Gasteiger partial charge is 0.275 e. The summed E-state index contributed by atoms with van der Waals surface area (Å²) in [5, 5.41) is 0. The van der Waals surface area contributed by atoms with Gasteiger partial charge in [0.25, 0.3) is 5.91 Å². The lowest BCUT2D eigenvalue weighted by atomic mass is 9.88. The summed E-state index contributed by atoms with van der Waals surface area (Å²) in [7, 11) is 1.76. The standard InChI is InChI=1S/C24H27N3O2/c1-18-11-13-19(14-12-18)22-23(29)27(24(25-22)15-7-4-8-16-24)17-21(28)26(2)20-9-5-3-6-10-20/h3,5-6,9-14H,4,7-8,15-17H2,1-2H3. The lowest BCUT2D eigenvalue weighted by Crippen LogP contribution is -2.52. The number of hydrogen-bond acceptors (Lipinski definition) is 3. The second kappa shape index (κ2) is 7.82. The van der Waals surface area contributed by atoms with E-state index >= 15 is 0 Å². The van der Waals surface area contributed by atoms with Crippen LogP contribution < -0.4 is 4.90 Å². The third-order valence-electron chi connectivity index (χ3n) is 6.06. The molecule has 1 heterocycles. The Morgan fingerprint density at radius 1 is 1.03 bits per heavy atom. The maximum atomic E-state index is 13.4. The Morgan fingerprint density at radius 3 is 2.34 bits per heavy atom. The van der Waals surface area contributed by atoms with Crippen LogP contribution in [-0.4, -0.2) is 41.7 Å². The van der Waals surface area contributed by atoms with Crippen molar-refractivity contribution in [3.05, 3.63) is 65.7 Å². The van der Waals surface area contributed by atoms with Gasteiger partial charge in [-0.2, -0.15) is 0 Å². The van der Waals surface area contributed by atoms with Crippen molar-refractivity contribution in [1.29, 1.82) is 0 Å². The quantitative estimate of drug-likeness (QED) is 0.795. The van der Waals surface area contributed by atoms with Gasteiger partial charge in [0.05, 0.1) is 0 Å². The van der Waals surface area contributed by atoms with E-state index in [9.17, 15) is 9.59 Å². The first-order valence-electron chi connectivity index (χ1n) is 10.3. The van der Waals surface area contributed by atoms with Crippen molar-refractivity contribution >= 4 is 23.2 Å². The molecule has 2 amide bonds. The lowest BCUT2D eigenvalue weighted by Gasteiger charge is -2.39. The van der Waals surface area contributed by atoms with Crippen LogP contribution in [0.4, 0.5) is 5.69 Å². The van der Waals surface area contributed by atoms with Crippen molar-refractivity contribution < 1.29 is 9.59 Å². The van der Waals surface area contributed by atoms with Crippen LogP contribution in [0.3, 0.4) is 0 Å². The van der Waals surface area contributed by atoms with Crippen molar-refractivity contribution in [2.45, 2.75) is 44.7 Å². The number of benzene rings is 2. The molecule has 1 aliphatic heterocycles. The van der Waals surface area contributed by atoms with Crippen LogP contribution in [0.1, 0.15) is 43.2 Å². The maximum absolute atomic E-state index is 13.4. The van der Waals surface area contributed by atoms with E-state index in [-0.39, 0.29) is 18.4 Å². The van der Waals surface area contributed by atoms with Gasteiger partial charge >= 0.3 is 0 Å². The van der Waals surface area contributed by atoms with E-state index < -0.39 is 5.66 Å². The third kappa shape index (κ3) is 3.69. The molecule has 150 valence electrons. The van der Waals surface area contributed by atoms with Crippen LogP contribution in [-0.2, 0) is 9.59 Å². The SMILES string of the molecule is Cc1ccc(C2=NC3(CCCCC3)N(CC(=O)N(C)c3ccccc3)C2=O)cc1. The van der Waals surface area contributed by atoms with Gasteiger partial charge in [0.15, 0.2) is 0 Å². The summed E-state index contributed by atoms with van der Waals surface area (Å²) in [6.45, 7) is 2.07. The highest BCUT2D eigenvalue weighted by molar-refractivity contribution is 6.47. The van der Waals surface area contributed by atoms with Gasteiger partial charge in [0.2, 0.25) is 5.91 Å². The number of anilines is 1. The van der Waals surface area contributed by atoms with Gasteiger partial charge in [-0.3, -0.25) is 14.6 Å². The fraction of sp³-hybridized carbons (Fsp3) is 0.375.